The Morgan fingerprint density at radius 2 is 2.11 bits per heavy atom. The second kappa shape index (κ2) is 8.27. The molecule has 1 aromatic rings. The van der Waals surface area contributed by atoms with Crippen LogP contribution in [-0.2, 0) is 4.74 Å². The van der Waals surface area contributed by atoms with E-state index in [0.717, 1.165) is 30.0 Å². The van der Waals surface area contributed by atoms with Crippen molar-refractivity contribution < 1.29 is 17.9 Å². The van der Waals surface area contributed by atoms with Gasteiger partial charge in [-0.05, 0) is 39.3 Å². The Labute approximate surface area is 113 Å². The summed E-state index contributed by atoms with van der Waals surface area (Å²) in [6.07, 6.45) is -0.725. The van der Waals surface area contributed by atoms with Gasteiger partial charge < -0.3 is 14.5 Å². The fourth-order valence-electron chi connectivity index (χ4n) is 2.06. The van der Waals surface area contributed by atoms with Gasteiger partial charge >= 0.3 is 0 Å². The van der Waals surface area contributed by atoms with Gasteiger partial charge in [-0.25, -0.2) is 8.78 Å². The lowest BCUT2D eigenvalue weighted by Gasteiger charge is -2.18. The molecule has 19 heavy (non-hydrogen) atoms. The molecule has 5 heteroatoms. The minimum Gasteiger partial charge on any atom is -0.466 e. The fourth-order valence-corrected chi connectivity index (χ4v) is 2.06. The van der Waals surface area contributed by atoms with Crippen LogP contribution in [0.25, 0.3) is 0 Å². The number of furan rings is 1. The molecule has 110 valence electrons. The number of halogens is 2. The van der Waals surface area contributed by atoms with Gasteiger partial charge in [-0.2, -0.15) is 0 Å². The smallest absolute Gasteiger partial charge is 0.261 e. The minimum absolute atomic E-state index is 0.0927. The molecular formula is C14H23F2NO2. The van der Waals surface area contributed by atoms with Crippen molar-refractivity contribution in [3.8, 4) is 0 Å². The third-order valence-electron chi connectivity index (χ3n) is 2.89. The highest BCUT2D eigenvalue weighted by Crippen LogP contribution is 2.24. The highest BCUT2D eigenvalue weighted by atomic mass is 19.3. The molecule has 0 fully saturated rings. The van der Waals surface area contributed by atoms with Gasteiger partial charge in [0.1, 0.15) is 18.1 Å². The Balaban J connectivity index is 2.54. The van der Waals surface area contributed by atoms with Crippen molar-refractivity contribution in [2.75, 3.05) is 19.8 Å². The van der Waals surface area contributed by atoms with Gasteiger partial charge in [0.15, 0.2) is 0 Å². The predicted molar refractivity (Wildman–Crippen MR) is 70.7 cm³/mol. The van der Waals surface area contributed by atoms with Crippen molar-refractivity contribution in [2.45, 2.75) is 46.1 Å². The molecule has 3 nitrogen and oxygen atoms in total. The molecule has 0 aromatic carbocycles. The number of hydrogen-bond donors (Lipinski definition) is 1. The Bertz CT molecular complexity index is 366. The summed E-state index contributed by atoms with van der Waals surface area (Å²) in [5, 5.41) is 3.40. The normalized spacial score (nSPS) is 13.2. The first kappa shape index (κ1) is 16.1. The Morgan fingerprint density at radius 3 is 2.63 bits per heavy atom. The third kappa shape index (κ3) is 5.70. The lowest BCUT2D eigenvalue weighted by molar-refractivity contribution is 0.0143. The van der Waals surface area contributed by atoms with Crippen LogP contribution in [0.15, 0.2) is 10.5 Å². The van der Waals surface area contributed by atoms with E-state index >= 15 is 0 Å². The van der Waals surface area contributed by atoms with Crippen LogP contribution >= 0.6 is 0 Å². The molecule has 0 aliphatic rings. The molecule has 1 N–H and O–H groups in total. The van der Waals surface area contributed by atoms with Gasteiger partial charge in [0.2, 0.25) is 0 Å². The van der Waals surface area contributed by atoms with Crippen LogP contribution in [0.5, 0.6) is 0 Å². The third-order valence-corrected chi connectivity index (χ3v) is 2.89. The number of rotatable bonds is 9. The van der Waals surface area contributed by atoms with Crippen LogP contribution in [0.4, 0.5) is 8.78 Å². The molecule has 1 aromatic heterocycles. The molecule has 0 spiro atoms. The maximum Gasteiger partial charge on any atom is 0.261 e. The lowest BCUT2D eigenvalue weighted by atomic mass is 10.0. The molecule has 0 aliphatic carbocycles. The summed E-state index contributed by atoms with van der Waals surface area (Å²) < 4.78 is 34.5. The van der Waals surface area contributed by atoms with Gasteiger partial charge in [-0.1, -0.05) is 6.92 Å². The SMILES string of the molecule is CCCNC(CCOCC(F)F)c1cc(C)oc1C. The Kier molecular flexibility index (Phi) is 7.02. The summed E-state index contributed by atoms with van der Waals surface area (Å²) in [5.74, 6) is 1.74. The minimum atomic E-state index is -2.40. The standard InChI is InChI=1S/C14H23F2NO2/c1-4-6-17-13(5-7-18-9-14(15)16)12-8-10(2)19-11(12)3/h8,13-14,17H,4-7,9H2,1-3H3. The second-order valence-corrected chi connectivity index (χ2v) is 4.63. The summed E-state index contributed by atoms with van der Waals surface area (Å²) in [6.45, 7) is 6.61. The van der Waals surface area contributed by atoms with Gasteiger partial charge in [0, 0.05) is 18.2 Å². The number of hydrogen-bond acceptors (Lipinski definition) is 3. The van der Waals surface area contributed by atoms with E-state index in [2.05, 4.69) is 12.2 Å². The van der Waals surface area contributed by atoms with E-state index in [9.17, 15) is 8.78 Å². The quantitative estimate of drug-likeness (QED) is 0.699. The number of ether oxygens (including phenoxy) is 1. The summed E-state index contributed by atoms with van der Waals surface area (Å²) in [4.78, 5) is 0. The van der Waals surface area contributed by atoms with E-state index in [4.69, 9.17) is 9.15 Å². The van der Waals surface area contributed by atoms with E-state index in [1.165, 1.54) is 0 Å². The average molecular weight is 275 g/mol. The van der Waals surface area contributed by atoms with Gasteiger partial charge in [-0.15, -0.1) is 0 Å². The van der Waals surface area contributed by atoms with E-state index in [1.54, 1.807) is 0 Å². The van der Waals surface area contributed by atoms with Gasteiger partial charge in [0.25, 0.3) is 6.43 Å². The van der Waals surface area contributed by atoms with Gasteiger partial charge in [-0.3, -0.25) is 0 Å². The van der Waals surface area contributed by atoms with Crippen molar-refractivity contribution in [2.24, 2.45) is 0 Å². The number of nitrogens with one attached hydrogen (secondary N) is 1. The number of alkyl halides is 2. The first-order chi connectivity index (χ1) is 9.04. The average Bonchev–Trinajstić information content (AvgIpc) is 2.67. The van der Waals surface area contributed by atoms with Gasteiger partial charge in [0.05, 0.1) is 0 Å². The molecule has 1 heterocycles. The lowest BCUT2D eigenvalue weighted by Crippen LogP contribution is -2.24. The molecule has 1 unspecified atom stereocenters. The maximum absolute atomic E-state index is 12.0. The molecule has 1 atom stereocenters. The second-order valence-electron chi connectivity index (χ2n) is 4.63. The van der Waals surface area contributed by atoms with E-state index < -0.39 is 13.0 Å². The molecule has 0 amide bonds. The Hall–Kier alpha value is -0.940. The summed E-state index contributed by atoms with van der Waals surface area (Å²) in [5.41, 5.74) is 1.09. The van der Waals surface area contributed by atoms with Crippen molar-refractivity contribution >= 4 is 0 Å². The molecule has 0 saturated carbocycles. The van der Waals surface area contributed by atoms with E-state index in [1.807, 2.05) is 19.9 Å². The van der Waals surface area contributed by atoms with Crippen molar-refractivity contribution in [1.82, 2.24) is 5.32 Å². The van der Waals surface area contributed by atoms with Crippen molar-refractivity contribution in [3.05, 3.63) is 23.2 Å². The van der Waals surface area contributed by atoms with Crippen LogP contribution in [0.2, 0.25) is 0 Å². The fraction of sp³-hybridized carbons (Fsp3) is 0.714. The molecule has 0 bridgehead atoms. The highest BCUT2D eigenvalue weighted by molar-refractivity contribution is 5.24. The summed E-state index contributed by atoms with van der Waals surface area (Å²) >= 11 is 0. The number of aryl methyl sites for hydroxylation is 2. The monoisotopic (exact) mass is 275 g/mol. The predicted octanol–water partition coefficient (Wildman–Crippen LogP) is 3.61. The van der Waals surface area contributed by atoms with Crippen molar-refractivity contribution in [3.63, 3.8) is 0 Å². The zero-order valence-corrected chi connectivity index (χ0v) is 11.8. The first-order valence-electron chi connectivity index (χ1n) is 6.70. The summed E-state index contributed by atoms with van der Waals surface area (Å²) in [6, 6.07) is 2.09. The summed E-state index contributed by atoms with van der Waals surface area (Å²) in [7, 11) is 0. The molecule has 0 aliphatic heterocycles. The van der Waals surface area contributed by atoms with E-state index in [0.29, 0.717) is 13.0 Å². The van der Waals surface area contributed by atoms with Crippen LogP contribution in [0.3, 0.4) is 0 Å². The Morgan fingerprint density at radius 1 is 1.37 bits per heavy atom. The maximum atomic E-state index is 12.0. The van der Waals surface area contributed by atoms with Crippen LogP contribution < -0.4 is 5.32 Å². The van der Waals surface area contributed by atoms with Crippen molar-refractivity contribution in [1.29, 1.82) is 0 Å². The molecule has 0 saturated heterocycles. The molecular weight excluding hydrogens is 252 g/mol. The zero-order valence-electron chi connectivity index (χ0n) is 11.8. The van der Waals surface area contributed by atoms with Crippen LogP contribution in [0.1, 0.15) is 42.9 Å². The highest BCUT2D eigenvalue weighted by Gasteiger charge is 2.16. The van der Waals surface area contributed by atoms with Crippen LogP contribution in [-0.4, -0.2) is 26.2 Å². The topological polar surface area (TPSA) is 34.4 Å². The first-order valence-corrected chi connectivity index (χ1v) is 6.70. The van der Waals surface area contributed by atoms with E-state index in [-0.39, 0.29) is 6.04 Å². The zero-order chi connectivity index (χ0) is 14.3. The molecule has 0 radical (unpaired) electrons. The largest absolute Gasteiger partial charge is 0.466 e. The molecule has 1 rings (SSSR count). The van der Waals surface area contributed by atoms with Crippen LogP contribution in [0, 0.1) is 13.8 Å².